The number of ether oxygens (including phenoxy) is 1. The molecule has 2 aromatic heterocycles. The summed E-state index contributed by atoms with van der Waals surface area (Å²) in [6.07, 6.45) is 6.64. The van der Waals surface area contributed by atoms with Gasteiger partial charge in [-0.15, -0.1) is 0 Å². The molecule has 0 saturated heterocycles. The van der Waals surface area contributed by atoms with Gasteiger partial charge in [0, 0.05) is 12.4 Å². The van der Waals surface area contributed by atoms with E-state index in [1.54, 1.807) is 6.20 Å². The molecule has 0 aliphatic carbocycles. The van der Waals surface area contributed by atoms with E-state index in [0.29, 0.717) is 0 Å². The van der Waals surface area contributed by atoms with Gasteiger partial charge in [0.05, 0.1) is 24.0 Å². The zero-order valence-electron chi connectivity index (χ0n) is 12.9. The zero-order chi connectivity index (χ0) is 15.1. The van der Waals surface area contributed by atoms with Gasteiger partial charge >= 0.3 is 0 Å². The maximum atomic E-state index is 5.73. The predicted molar refractivity (Wildman–Crippen MR) is 84.4 cm³/mol. The largest absolute Gasteiger partial charge is 0.489 e. The van der Waals surface area contributed by atoms with Gasteiger partial charge < -0.3 is 10.1 Å². The van der Waals surface area contributed by atoms with Crippen molar-refractivity contribution >= 4 is 0 Å². The van der Waals surface area contributed by atoms with Crippen LogP contribution >= 0.6 is 0 Å². The van der Waals surface area contributed by atoms with Gasteiger partial charge in [-0.25, -0.2) is 0 Å². The summed E-state index contributed by atoms with van der Waals surface area (Å²) >= 11 is 0. The van der Waals surface area contributed by atoms with E-state index in [-0.39, 0.29) is 12.1 Å². The van der Waals surface area contributed by atoms with Crippen molar-refractivity contribution in [1.29, 1.82) is 0 Å². The van der Waals surface area contributed by atoms with Crippen molar-refractivity contribution in [2.75, 3.05) is 6.54 Å². The maximum absolute atomic E-state index is 5.73. The topological polar surface area (TPSA) is 47.0 Å². The Morgan fingerprint density at radius 3 is 2.76 bits per heavy atom. The molecule has 0 aliphatic heterocycles. The molecule has 0 fully saturated rings. The first-order valence-corrected chi connectivity index (χ1v) is 7.46. The molecule has 1 atom stereocenters. The Labute approximate surface area is 126 Å². The predicted octanol–water partition coefficient (Wildman–Crippen LogP) is 3.35. The molecule has 0 aromatic carbocycles. The first-order chi connectivity index (χ1) is 10.2. The lowest BCUT2D eigenvalue weighted by molar-refractivity contribution is 0.241. The van der Waals surface area contributed by atoms with Crippen molar-refractivity contribution in [2.45, 2.75) is 39.3 Å². The van der Waals surface area contributed by atoms with E-state index in [9.17, 15) is 0 Å². The van der Waals surface area contributed by atoms with Crippen LogP contribution in [0, 0.1) is 0 Å². The molecule has 112 valence electrons. The molecule has 0 saturated carbocycles. The Morgan fingerprint density at radius 1 is 1.24 bits per heavy atom. The Kier molecular flexibility index (Phi) is 5.69. The molecule has 1 N–H and O–H groups in total. The number of pyridine rings is 2. The molecule has 0 spiro atoms. The van der Waals surface area contributed by atoms with E-state index < -0.39 is 0 Å². The summed E-state index contributed by atoms with van der Waals surface area (Å²) in [6.45, 7) is 7.10. The monoisotopic (exact) mass is 285 g/mol. The lowest BCUT2D eigenvalue weighted by atomic mass is 10.0. The van der Waals surface area contributed by atoms with Crippen LogP contribution in [0.15, 0.2) is 42.9 Å². The molecule has 2 heterocycles. The maximum Gasteiger partial charge on any atom is 0.138 e. The van der Waals surface area contributed by atoms with E-state index in [4.69, 9.17) is 4.74 Å². The van der Waals surface area contributed by atoms with Gasteiger partial charge in [0.2, 0.25) is 0 Å². The molecule has 1 unspecified atom stereocenters. The van der Waals surface area contributed by atoms with Crippen LogP contribution < -0.4 is 10.1 Å². The van der Waals surface area contributed by atoms with Crippen LogP contribution in [0.1, 0.15) is 44.5 Å². The van der Waals surface area contributed by atoms with E-state index >= 15 is 0 Å². The lowest BCUT2D eigenvalue weighted by Gasteiger charge is -2.19. The summed E-state index contributed by atoms with van der Waals surface area (Å²) in [5.74, 6) is 0.793. The average Bonchev–Trinajstić information content (AvgIpc) is 2.48. The lowest BCUT2D eigenvalue weighted by Crippen LogP contribution is -2.24. The summed E-state index contributed by atoms with van der Waals surface area (Å²) in [5, 5.41) is 3.52. The van der Waals surface area contributed by atoms with Gasteiger partial charge in [-0.05, 0) is 50.6 Å². The van der Waals surface area contributed by atoms with Crippen molar-refractivity contribution in [1.82, 2.24) is 15.3 Å². The molecule has 0 radical (unpaired) electrons. The van der Waals surface area contributed by atoms with Crippen LogP contribution in [0.25, 0.3) is 0 Å². The van der Waals surface area contributed by atoms with Gasteiger partial charge in [-0.3, -0.25) is 9.97 Å². The van der Waals surface area contributed by atoms with Crippen molar-refractivity contribution in [3.8, 4) is 5.75 Å². The fourth-order valence-electron chi connectivity index (χ4n) is 2.16. The minimum Gasteiger partial charge on any atom is -0.489 e. The highest BCUT2D eigenvalue weighted by atomic mass is 16.5. The highest BCUT2D eigenvalue weighted by molar-refractivity contribution is 5.31. The van der Waals surface area contributed by atoms with Crippen molar-refractivity contribution in [2.24, 2.45) is 0 Å². The highest BCUT2D eigenvalue weighted by Gasteiger charge is 2.15. The highest BCUT2D eigenvalue weighted by Crippen LogP contribution is 2.23. The van der Waals surface area contributed by atoms with Gasteiger partial charge in [0.15, 0.2) is 0 Å². The molecule has 0 bridgehead atoms. The Bertz CT molecular complexity index is 543. The average molecular weight is 285 g/mol. The number of rotatable bonds is 7. The van der Waals surface area contributed by atoms with Crippen molar-refractivity contribution in [3.63, 3.8) is 0 Å². The fourth-order valence-corrected chi connectivity index (χ4v) is 2.16. The summed E-state index contributed by atoms with van der Waals surface area (Å²) in [7, 11) is 0. The minimum absolute atomic E-state index is 0.0364. The Hall–Kier alpha value is -1.94. The second-order valence-electron chi connectivity index (χ2n) is 5.26. The summed E-state index contributed by atoms with van der Waals surface area (Å²) in [5.41, 5.74) is 2.06. The molecule has 0 amide bonds. The van der Waals surface area contributed by atoms with Gasteiger partial charge in [0.25, 0.3) is 0 Å². The molecular weight excluding hydrogens is 262 g/mol. The molecule has 21 heavy (non-hydrogen) atoms. The van der Waals surface area contributed by atoms with Crippen LogP contribution in [0.3, 0.4) is 0 Å². The molecule has 0 aliphatic rings. The number of aromatic nitrogens is 2. The van der Waals surface area contributed by atoms with Gasteiger partial charge in [-0.1, -0.05) is 13.0 Å². The number of nitrogens with zero attached hydrogens (tertiary/aromatic N) is 2. The normalized spacial score (nSPS) is 12.4. The third kappa shape index (κ3) is 4.53. The summed E-state index contributed by atoms with van der Waals surface area (Å²) < 4.78 is 5.73. The number of nitrogens with one attached hydrogen (secondary N) is 1. The molecule has 4 nitrogen and oxygen atoms in total. The number of hydrogen-bond donors (Lipinski definition) is 1. The molecule has 4 heteroatoms. The smallest absolute Gasteiger partial charge is 0.138 e. The van der Waals surface area contributed by atoms with Gasteiger partial charge in [0.1, 0.15) is 5.75 Å². The second-order valence-corrected chi connectivity index (χ2v) is 5.26. The van der Waals surface area contributed by atoms with Crippen molar-refractivity contribution < 1.29 is 4.74 Å². The quantitative estimate of drug-likeness (QED) is 0.847. The van der Waals surface area contributed by atoms with E-state index in [1.807, 2.05) is 50.5 Å². The van der Waals surface area contributed by atoms with Crippen LogP contribution in [-0.2, 0) is 0 Å². The second kappa shape index (κ2) is 7.74. The minimum atomic E-state index is 0.0364. The standard InChI is InChI=1S/C17H23N3O/c1-4-8-20-17(16-7-5-6-9-19-16)14-10-15(12-18-11-14)21-13(2)3/h5-7,9-13,17,20H,4,8H2,1-3H3. The Balaban J connectivity index is 2.28. The van der Waals surface area contributed by atoms with Crippen LogP contribution in [0.5, 0.6) is 5.75 Å². The zero-order valence-corrected chi connectivity index (χ0v) is 12.9. The fraction of sp³-hybridized carbons (Fsp3) is 0.412. The van der Waals surface area contributed by atoms with Crippen LogP contribution in [0.4, 0.5) is 0 Å². The van der Waals surface area contributed by atoms with Gasteiger partial charge in [-0.2, -0.15) is 0 Å². The van der Waals surface area contributed by atoms with Crippen molar-refractivity contribution in [3.05, 3.63) is 54.1 Å². The van der Waals surface area contributed by atoms with E-state index in [2.05, 4.69) is 22.2 Å². The van der Waals surface area contributed by atoms with E-state index in [0.717, 1.165) is 30.0 Å². The molecule has 2 rings (SSSR count). The third-order valence-corrected chi connectivity index (χ3v) is 3.02. The molecular formula is C17H23N3O. The number of hydrogen-bond acceptors (Lipinski definition) is 4. The third-order valence-electron chi connectivity index (χ3n) is 3.02. The molecule has 2 aromatic rings. The first kappa shape index (κ1) is 15.4. The Morgan fingerprint density at radius 2 is 2.10 bits per heavy atom. The van der Waals surface area contributed by atoms with E-state index in [1.165, 1.54) is 0 Å². The SMILES string of the molecule is CCCNC(c1cncc(OC(C)C)c1)c1ccccn1. The van der Waals surface area contributed by atoms with Crippen LogP contribution in [-0.4, -0.2) is 22.6 Å². The van der Waals surface area contributed by atoms with Crippen LogP contribution in [0.2, 0.25) is 0 Å². The summed E-state index contributed by atoms with van der Waals surface area (Å²) in [4.78, 5) is 8.77. The summed E-state index contributed by atoms with van der Waals surface area (Å²) in [6, 6.07) is 8.04. The first-order valence-electron chi connectivity index (χ1n) is 7.46.